The van der Waals surface area contributed by atoms with E-state index in [1.807, 2.05) is 6.07 Å². The largest absolute Gasteiger partial charge is 0.397 e. The second-order valence-electron chi connectivity index (χ2n) is 5.75. The van der Waals surface area contributed by atoms with Gasteiger partial charge in [-0.1, -0.05) is 6.92 Å². The lowest BCUT2D eigenvalue weighted by atomic mass is 9.99. The van der Waals surface area contributed by atoms with Gasteiger partial charge in [0.1, 0.15) is 0 Å². The van der Waals surface area contributed by atoms with Crippen molar-refractivity contribution in [2.45, 2.75) is 25.9 Å². The molecule has 2 unspecified atom stereocenters. The average molecular weight is 291 g/mol. The van der Waals surface area contributed by atoms with E-state index in [0.717, 1.165) is 31.7 Å². The van der Waals surface area contributed by atoms with Crippen LogP contribution in [0.25, 0.3) is 0 Å². The first-order valence-corrected chi connectivity index (χ1v) is 7.49. The summed E-state index contributed by atoms with van der Waals surface area (Å²) >= 11 is 0. The third kappa shape index (κ3) is 3.67. The number of amides is 1. The minimum Gasteiger partial charge on any atom is -0.397 e. The summed E-state index contributed by atoms with van der Waals surface area (Å²) in [6, 6.07) is 5.37. The van der Waals surface area contributed by atoms with Crippen molar-refractivity contribution in [1.82, 2.24) is 4.90 Å². The van der Waals surface area contributed by atoms with Crippen LogP contribution in [0.2, 0.25) is 0 Å². The van der Waals surface area contributed by atoms with Gasteiger partial charge in [-0.3, -0.25) is 4.79 Å². The van der Waals surface area contributed by atoms with Crippen LogP contribution in [0.15, 0.2) is 18.2 Å². The lowest BCUT2D eigenvalue weighted by molar-refractivity contribution is 0.0827. The fraction of sp³-hybridized carbons (Fsp3) is 0.562. The number of anilines is 2. The lowest BCUT2D eigenvalue weighted by Crippen LogP contribution is -2.24. The molecule has 1 aliphatic heterocycles. The number of benzene rings is 1. The monoisotopic (exact) mass is 291 g/mol. The maximum absolute atomic E-state index is 12.0. The Balaban J connectivity index is 2.05. The zero-order valence-corrected chi connectivity index (χ0v) is 13.1. The van der Waals surface area contributed by atoms with E-state index in [1.165, 1.54) is 0 Å². The minimum absolute atomic E-state index is 0.0197. The molecule has 5 heteroatoms. The summed E-state index contributed by atoms with van der Waals surface area (Å²) in [6.45, 7) is 3.80. The van der Waals surface area contributed by atoms with E-state index in [1.54, 1.807) is 31.1 Å². The van der Waals surface area contributed by atoms with Crippen molar-refractivity contribution in [2.24, 2.45) is 5.92 Å². The van der Waals surface area contributed by atoms with Gasteiger partial charge in [0.2, 0.25) is 0 Å². The van der Waals surface area contributed by atoms with Crippen LogP contribution in [0.1, 0.15) is 30.1 Å². The highest BCUT2D eigenvalue weighted by molar-refractivity contribution is 5.95. The molecule has 1 heterocycles. The Morgan fingerprint density at radius 2 is 2.24 bits per heavy atom. The van der Waals surface area contributed by atoms with Gasteiger partial charge in [-0.05, 0) is 31.0 Å². The maximum Gasteiger partial charge on any atom is 0.253 e. The molecule has 1 saturated heterocycles. The van der Waals surface area contributed by atoms with Crippen LogP contribution in [-0.2, 0) is 4.74 Å². The summed E-state index contributed by atoms with van der Waals surface area (Å²) in [5.74, 6) is 0.483. The smallest absolute Gasteiger partial charge is 0.253 e. The predicted octanol–water partition coefficient (Wildman–Crippen LogP) is 2.20. The quantitative estimate of drug-likeness (QED) is 0.816. The highest BCUT2D eigenvalue weighted by atomic mass is 16.5. The first kappa shape index (κ1) is 15.6. The number of hydrogen-bond donors (Lipinski definition) is 2. The summed E-state index contributed by atoms with van der Waals surface area (Å²) in [6.07, 6.45) is 2.42. The Hall–Kier alpha value is -1.75. The number of nitrogens with zero attached hydrogens (tertiary/aromatic N) is 1. The Kier molecular flexibility index (Phi) is 5.07. The minimum atomic E-state index is -0.0197. The second kappa shape index (κ2) is 6.80. The molecule has 0 radical (unpaired) electrons. The van der Waals surface area contributed by atoms with Gasteiger partial charge in [-0.25, -0.2) is 0 Å². The zero-order chi connectivity index (χ0) is 15.4. The SMILES string of the molecule is CCC1OCCC1CNc1cc(C(=O)N(C)C)ccc1N. The third-order valence-electron chi connectivity index (χ3n) is 4.01. The molecule has 2 rings (SSSR count). The van der Waals surface area contributed by atoms with Crippen LogP contribution < -0.4 is 11.1 Å². The van der Waals surface area contributed by atoms with E-state index >= 15 is 0 Å². The third-order valence-corrected chi connectivity index (χ3v) is 4.01. The molecule has 0 spiro atoms. The van der Waals surface area contributed by atoms with E-state index in [2.05, 4.69) is 12.2 Å². The fourth-order valence-electron chi connectivity index (χ4n) is 2.72. The van der Waals surface area contributed by atoms with E-state index in [4.69, 9.17) is 10.5 Å². The highest BCUT2D eigenvalue weighted by Crippen LogP contribution is 2.26. The van der Waals surface area contributed by atoms with Crippen LogP contribution in [-0.4, -0.2) is 44.2 Å². The summed E-state index contributed by atoms with van der Waals surface area (Å²) in [4.78, 5) is 13.6. The molecule has 1 aromatic rings. The molecule has 1 amide bonds. The van der Waals surface area contributed by atoms with Gasteiger partial charge < -0.3 is 20.7 Å². The Morgan fingerprint density at radius 3 is 2.90 bits per heavy atom. The van der Waals surface area contributed by atoms with Crippen molar-refractivity contribution in [2.75, 3.05) is 38.3 Å². The predicted molar refractivity (Wildman–Crippen MR) is 85.5 cm³/mol. The summed E-state index contributed by atoms with van der Waals surface area (Å²) in [7, 11) is 3.49. The van der Waals surface area contributed by atoms with Crippen LogP contribution in [0.4, 0.5) is 11.4 Å². The number of ether oxygens (including phenoxy) is 1. The van der Waals surface area contributed by atoms with Crippen molar-refractivity contribution < 1.29 is 9.53 Å². The summed E-state index contributed by atoms with van der Waals surface area (Å²) in [5.41, 5.74) is 8.13. The zero-order valence-electron chi connectivity index (χ0n) is 13.1. The summed E-state index contributed by atoms with van der Waals surface area (Å²) in [5, 5.41) is 3.38. The van der Waals surface area contributed by atoms with Gasteiger partial charge in [0.05, 0.1) is 17.5 Å². The first-order chi connectivity index (χ1) is 10.0. The maximum atomic E-state index is 12.0. The van der Waals surface area contributed by atoms with Crippen molar-refractivity contribution in [3.8, 4) is 0 Å². The molecule has 5 nitrogen and oxygen atoms in total. The topological polar surface area (TPSA) is 67.6 Å². The number of nitrogens with one attached hydrogen (secondary N) is 1. The average Bonchev–Trinajstić information content (AvgIpc) is 2.93. The highest BCUT2D eigenvalue weighted by Gasteiger charge is 2.26. The van der Waals surface area contributed by atoms with Crippen LogP contribution >= 0.6 is 0 Å². The second-order valence-corrected chi connectivity index (χ2v) is 5.75. The molecule has 3 N–H and O–H groups in total. The number of nitrogens with two attached hydrogens (primary N) is 1. The molecule has 0 bridgehead atoms. The molecule has 1 aromatic carbocycles. The molecular weight excluding hydrogens is 266 g/mol. The number of nitrogen functional groups attached to an aromatic ring is 1. The van der Waals surface area contributed by atoms with E-state index in [-0.39, 0.29) is 5.91 Å². The van der Waals surface area contributed by atoms with E-state index in [9.17, 15) is 4.79 Å². The van der Waals surface area contributed by atoms with Crippen molar-refractivity contribution in [1.29, 1.82) is 0 Å². The van der Waals surface area contributed by atoms with E-state index < -0.39 is 0 Å². The molecule has 1 aliphatic rings. The normalized spacial score (nSPS) is 21.3. The van der Waals surface area contributed by atoms with Crippen molar-refractivity contribution >= 4 is 17.3 Å². The van der Waals surface area contributed by atoms with E-state index in [0.29, 0.717) is 23.3 Å². The molecule has 1 fully saturated rings. The molecular formula is C16H25N3O2. The van der Waals surface area contributed by atoms with Gasteiger partial charge >= 0.3 is 0 Å². The van der Waals surface area contributed by atoms with Crippen molar-refractivity contribution in [3.63, 3.8) is 0 Å². The molecule has 2 atom stereocenters. The Labute approximate surface area is 126 Å². The van der Waals surface area contributed by atoms with Gasteiger partial charge in [-0.2, -0.15) is 0 Å². The van der Waals surface area contributed by atoms with Gasteiger partial charge in [0, 0.05) is 38.7 Å². The number of rotatable bonds is 5. The van der Waals surface area contributed by atoms with Crippen LogP contribution in [0.3, 0.4) is 0 Å². The molecule has 0 saturated carbocycles. The Morgan fingerprint density at radius 1 is 1.48 bits per heavy atom. The van der Waals surface area contributed by atoms with Crippen molar-refractivity contribution in [3.05, 3.63) is 23.8 Å². The number of carbonyl (C=O) groups is 1. The summed E-state index contributed by atoms with van der Waals surface area (Å²) < 4.78 is 5.69. The number of hydrogen-bond acceptors (Lipinski definition) is 4. The van der Waals surface area contributed by atoms with Gasteiger partial charge in [-0.15, -0.1) is 0 Å². The molecule has 116 valence electrons. The first-order valence-electron chi connectivity index (χ1n) is 7.49. The van der Waals surface area contributed by atoms with Crippen LogP contribution in [0.5, 0.6) is 0 Å². The number of carbonyl (C=O) groups excluding carboxylic acids is 1. The molecule has 0 aliphatic carbocycles. The van der Waals surface area contributed by atoms with Crippen LogP contribution in [0, 0.1) is 5.92 Å². The van der Waals surface area contributed by atoms with Gasteiger partial charge in [0.15, 0.2) is 0 Å². The lowest BCUT2D eigenvalue weighted by Gasteiger charge is -2.19. The fourth-order valence-corrected chi connectivity index (χ4v) is 2.72. The Bertz CT molecular complexity index is 502. The standard InChI is InChI=1S/C16H25N3O2/c1-4-15-12(7-8-21-15)10-18-14-9-11(5-6-13(14)17)16(20)19(2)3/h5-6,9,12,15,18H,4,7-8,10,17H2,1-3H3. The van der Waals surface area contributed by atoms with Gasteiger partial charge in [0.25, 0.3) is 5.91 Å². The molecule has 0 aromatic heterocycles. The molecule has 21 heavy (non-hydrogen) atoms.